The Labute approximate surface area is 92.7 Å². The van der Waals surface area contributed by atoms with E-state index in [-0.39, 0.29) is 0 Å². The summed E-state index contributed by atoms with van der Waals surface area (Å²) in [6, 6.07) is 5.68. The molecule has 0 aliphatic carbocycles. The molecule has 0 aliphatic rings. The van der Waals surface area contributed by atoms with Crippen molar-refractivity contribution < 1.29 is 0 Å². The Bertz CT molecular complexity index is 416. The first-order chi connectivity index (χ1) is 6.29. The van der Waals surface area contributed by atoms with E-state index in [1.807, 2.05) is 18.2 Å². The minimum atomic E-state index is 0.688. The van der Waals surface area contributed by atoms with E-state index in [9.17, 15) is 0 Å². The zero-order chi connectivity index (χ0) is 9.26. The fourth-order valence-electron chi connectivity index (χ4n) is 0.959. The fourth-order valence-corrected chi connectivity index (χ4v) is 2.30. The van der Waals surface area contributed by atoms with Crippen molar-refractivity contribution in [3.8, 4) is 10.6 Å². The number of hydrogen-bond donors (Lipinski definition) is 0. The second-order valence-electron chi connectivity index (χ2n) is 2.35. The van der Waals surface area contributed by atoms with Crippen LogP contribution in [0.5, 0.6) is 0 Å². The maximum Gasteiger partial charge on any atom is 0.148 e. The predicted octanol–water partition coefficient (Wildman–Crippen LogP) is 3.62. The van der Waals surface area contributed by atoms with E-state index >= 15 is 0 Å². The van der Waals surface area contributed by atoms with Crippen molar-refractivity contribution in [1.82, 2.24) is 10.2 Å². The molecule has 2 rings (SSSR count). The van der Waals surface area contributed by atoms with Crippen LogP contribution >= 0.6 is 38.9 Å². The molecule has 0 bridgehead atoms. The van der Waals surface area contributed by atoms with Gasteiger partial charge in [0.15, 0.2) is 0 Å². The van der Waals surface area contributed by atoms with Crippen LogP contribution in [-0.2, 0) is 0 Å². The Balaban J connectivity index is 2.59. The van der Waals surface area contributed by atoms with Crippen LogP contribution in [0.15, 0.2) is 28.2 Å². The summed E-state index contributed by atoms with van der Waals surface area (Å²) in [5.74, 6) is 0. The van der Waals surface area contributed by atoms with Crippen molar-refractivity contribution in [2.45, 2.75) is 0 Å². The van der Waals surface area contributed by atoms with E-state index in [1.54, 1.807) is 5.51 Å². The van der Waals surface area contributed by atoms with Gasteiger partial charge in [0, 0.05) is 10.0 Å². The molecule has 0 atom stereocenters. The summed E-state index contributed by atoms with van der Waals surface area (Å²) in [7, 11) is 0. The Morgan fingerprint density at radius 3 is 2.92 bits per heavy atom. The number of rotatable bonds is 1. The Morgan fingerprint density at radius 2 is 2.23 bits per heavy atom. The van der Waals surface area contributed by atoms with Crippen LogP contribution in [0.3, 0.4) is 0 Å². The summed E-state index contributed by atoms with van der Waals surface area (Å²) in [6.45, 7) is 0. The molecule has 1 aromatic heterocycles. The number of benzene rings is 1. The summed E-state index contributed by atoms with van der Waals surface area (Å²) in [5.41, 5.74) is 2.68. The lowest BCUT2D eigenvalue weighted by atomic mass is 10.2. The molecule has 0 amide bonds. The van der Waals surface area contributed by atoms with Crippen molar-refractivity contribution >= 4 is 38.9 Å². The lowest BCUT2D eigenvalue weighted by molar-refractivity contribution is 1.09. The smallest absolute Gasteiger partial charge is 0.147 e. The van der Waals surface area contributed by atoms with E-state index in [0.717, 1.165) is 15.0 Å². The molecular weight excluding hydrogens is 272 g/mol. The average Bonchev–Trinajstić information content (AvgIpc) is 2.62. The van der Waals surface area contributed by atoms with E-state index in [4.69, 9.17) is 11.6 Å². The lowest BCUT2D eigenvalue weighted by Crippen LogP contribution is -1.79. The number of aromatic nitrogens is 2. The van der Waals surface area contributed by atoms with Crippen LogP contribution in [0.25, 0.3) is 10.6 Å². The monoisotopic (exact) mass is 274 g/mol. The minimum Gasteiger partial charge on any atom is -0.147 e. The van der Waals surface area contributed by atoms with Crippen molar-refractivity contribution in [2.24, 2.45) is 0 Å². The topological polar surface area (TPSA) is 25.8 Å². The van der Waals surface area contributed by atoms with Crippen molar-refractivity contribution in [3.63, 3.8) is 0 Å². The fraction of sp³-hybridized carbons (Fsp3) is 0. The molecule has 0 radical (unpaired) electrons. The van der Waals surface area contributed by atoms with Crippen LogP contribution in [-0.4, -0.2) is 10.2 Å². The Hall–Kier alpha value is -0.450. The predicted molar refractivity (Wildman–Crippen MR) is 58.1 cm³/mol. The molecule has 13 heavy (non-hydrogen) atoms. The lowest BCUT2D eigenvalue weighted by Gasteiger charge is -2.00. The summed E-state index contributed by atoms with van der Waals surface area (Å²) in [5, 5.41) is 9.30. The normalized spacial score (nSPS) is 10.3. The molecule has 2 nitrogen and oxygen atoms in total. The standard InChI is InChI=1S/C8H4BrClN2S/c9-7-5(2-1-3-6(7)10)8-12-11-4-13-8/h1-4H. The highest BCUT2D eigenvalue weighted by molar-refractivity contribution is 9.10. The van der Waals surface area contributed by atoms with Gasteiger partial charge in [-0.3, -0.25) is 0 Å². The number of hydrogen-bond acceptors (Lipinski definition) is 3. The number of nitrogens with zero attached hydrogens (tertiary/aromatic N) is 2. The molecule has 0 unspecified atom stereocenters. The second kappa shape index (κ2) is 3.74. The molecule has 0 aliphatic heterocycles. The zero-order valence-electron chi connectivity index (χ0n) is 6.37. The highest BCUT2D eigenvalue weighted by Crippen LogP contribution is 2.33. The SMILES string of the molecule is Clc1cccc(-c2nncs2)c1Br. The van der Waals surface area contributed by atoms with Gasteiger partial charge in [-0.15, -0.1) is 10.2 Å². The van der Waals surface area contributed by atoms with Gasteiger partial charge in [0.2, 0.25) is 0 Å². The Kier molecular flexibility index (Phi) is 2.62. The minimum absolute atomic E-state index is 0.688. The van der Waals surface area contributed by atoms with Crippen molar-refractivity contribution in [1.29, 1.82) is 0 Å². The molecule has 0 saturated carbocycles. The maximum atomic E-state index is 5.94. The number of halogens is 2. The van der Waals surface area contributed by atoms with Gasteiger partial charge in [0.25, 0.3) is 0 Å². The third kappa shape index (κ3) is 1.75. The average molecular weight is 276 g/mol. The second-order valence-corrected chi connectivity index (χ2v) is 4.38. The molecule has 2 aromatic rings. The van der Waals surface area contributed by atoms with Gasteiger partial charge in [-0.2, -0.15) is 0 Å². The first-order valence-corrected chi connectivity index (χ1v) is 5.54. The molecule has 66 valence electrons. The molecular formula is C8H4BrClN2S. The van der Waals surface area contributed by atoms with E-state index in [1.165, 1.54) is 11.3 Å². The van der Waals surface area contributed by atoms with Crippen LogP contribution < -0.4 is 0 Å². The van der Waals surface area contributed by atoms with Gasteiger partial charge < -0.3 is 0 Å². The summed E-state index contributed by atoms with van der Waals surface area (Å²) >= 11 is 10.8. The third-order valence-corrected chi connectivity index (χ3v) is 3.66. The van der Waals surface area contributed by atoms with E-state index in [2.05, 4.69) is 26.1 Å². The quantitative estimate of drug-likeness (QED) is 0.794. The summed E-state index contributed by atoms with van der Waals surface area (Å²) < 4.78 is 0.869. The largest absolute Gasteiger partial charge is 0.148 e. The van der Waals surface area contributed by atoms with Gasteiger partial charge in [-0.1, -0.05) is 35.1 Å². The van der Waals surface area contributed by atoms with Gasteiger partial charge in [0.05, 0.1) is 5.02 Å². The van der Waals surface area contributed by atoms with Crippen LogP contribution in [0, 0.1) is 0 Å². The highest BCUT2D eigenvalue weighted by Gasteiger charge is 2.08. The van der Waals surface area contributed by atoms with Gasteiger partial charge in [0.1, 0.15) is 10.5 Å². The molecule has 0 saturated heterocycles. The van der Waals surface area contributed by atoms with E-state index in [0.29, 0.717) is 5.02 Å². The van der Waals surface area contributed by atoms with E-state index < -0.39 is 0 Å². The molecule has 0 spiro atoms. The highest BCUT2D eigenvalue weighted by atomic mass is 79.9. The summed E-state index contributed by atoms with van der Waals surface area (Å²) in [6.07, 6.45) is 0. The van der Waals surface area contributed by atoms with Gasteiger partial charge in [-0.25, -0.2) is 0 Å². The molecule has 0 fully saturated rings. The summed E-state index contributed by atoms with van der Waals surface area (Å²) in [4.78, 5) is 0. The zero-order valence-corrected chi connectivity index (χ0v) is 9.53. The molecule has 0 N–H and O–H groups in total. The van der Waals surface area contributed by atoms with Crippen LogP contribution in [0.2, 0.25) is 5.02 Å². The van der Waals surface area contributed by atoms with Crippen molar-refractivity contribution in [2.75, 3.05) is 0 Å². The maximum absolute atomic E-state index is 5.94. The van der Waals surface area contributed by atoms with Crippen LogP contribution in [0.1, 0.15) is 0 Å². The third-order valence-electron chi connectivity index (χ3n) is 1.54. The first kappa shape index (κ1) is 9.12. The van der Waals surface area contributed by atoms with Gasteiger partial charge in [-0.05, 0) is 22.0 Å². The van der Waals surface area contributed by atoms with Crippen molar-refractivity contribution in [3.05, 3.63) is 33.2 Å². The molecule has 5 heteroatoms. The Morgan fingerprint density at radius 1 is 1.38 bits per heavy atom. The van der Waals surface area contributed by atoms with Crippen LogP contribution in [0.4, 0.5) is 0 Å². The van der Waals surface area contributed by atoms with Gasteiger partial charge >= 0.3 is 0 Å². The molecule has 1 heterocycles. The first-order valence-electron chi connectivity index (χ1n) is 3.49. The molecule has 1 aromatic carbocycles.